The van der Waals surface area contributed by atoms with Crippen molar-refractivity contribution in [3.63, 3.8) is 0 Å². The molecule has 0 fully saturated rings. The molecule has 37 heavy (non-hydrogen) atoms. The molecule has 9 heteroatoms. The second kappa shape index (κ2) is 10.9. The van der Waals surface area contributed by atoms with Crippen LogP contribution in [0.5, 0.6) is 0 Å². The van der Waals surface area contributed by atoms with Crippen molar-refractivity contribution in [2.75, 3.05) is 25.0 Å². The number of amides is 2. The third-order valence-electron chi connectivity index (χ3n) is 6.98. The molecule has 2 aliphatic rings. The van der Waals surface area contributed by atoms with E-state index in [2.05, 4.69) is 32.7 Å². The van der Waals surface area contributed by atoms with Crippen LogP contribution >= 0.6 is 0 Å². The molecule has 9 nitrogen and oxygen atoms in total. The predicted octanol–water partition coefficient (Wildman–Crippen LogP) is 2.49. The Hall–Kier alpha value is -4.00. The molecule has 0 unspecified atom stereocenters. The third-order valence-corrected chi connectivity index (χ3v) is 6.98. The normalized spacial score (nSPS) is 15.7. The van der Waals surface area contributed by atoms with Crippen molar-refractivity contribution in [1.29, 1.82) is 5.26 Å². The van der Waals surface area contributed by atoms with Gasteiger partial charge in [-0.2, -0.15) is 5.26 Å². The van der Waals surface area contributed by atoms with Crippen molar-refractivity contribution in [3.8, 4) is 6.07 Å². The molecule has 0 aliphatic carbocycles. The van der Waals surface area contributed by atoms with Crippen LogP contribution in [-0.2, 0) is 25.9 Å². The number of nitriles is 1. The molecule has 1 aromatic heterocycles. The molecule has 2 aliphatic heterocycles. The Bertz CT molecular complexity index is 1340. The molecule has 190 valence electrons. The molecule has 1 atom stereocenters. The number of hydrogen-bond donors (Lipinski definition) is 3. The SMILES string of the molecule is N#Cc1ccc(C(=O)Nc2c(C(=O)NC[C@H](O)CN3CCc4ccccc4C3)nc3n2CCCC3)cc1. The Morgan fingerprint density at radius 3 is 2.59 bits per heavy atom. The molecular formula is C28H30N6O3. The number of nitrogens with zero attached hydrogens (tertiary/aromatic N) is 4. The molecule has 3 heterocycles. The Labute approximate surface area is 215 Å². The number of benzene rings is 2. The predicted molar refractivity (Wildman–Crippen MR) is 138 cm³/mol. The number of fused-ring (bicyclic) bond motifs is 2. The first-order valence-corrected chi connectivity index (χ1v) is 12.7. The van der Waals surface area contributed by atoms with Crippen molar-refractivity contribution in [1.82, 2.24) is 19.8 Å². The summed E-state index contributed by atoms with van der Waals surface area (Å²) in [5.74, 6) is 0.319. The standard InChI is InChI=1S/C28H30N6O3/c29-15-19-8-10-21(11-9-19)27(36)32-26-25(31-24-7-3-4-13-34(24)26)28(37)30-16-23(35)18-33-14-12-20-5-1-2-6-22(20)17-33/h1-2,5-6,8-11,23,35H,3-4,7,12-14,16-18H2,(H,30,37)(H,32,36)/t23-/m0/s1. The third kappa shape index (κ3) is 5.56. The zero-order chi connectivity index (χ0) is 25.8. The van der Waals surface area contributed by atoms with E-state index in [-0.39, 0.29) is 18.1 Å². The van der Waals surface area contributed by atoms with E-state index in [4.69, 9.17) is 5.26 Å². The minimum absolute atomic E-state index is 0.0855. The summed E-state index contributed by atoms with van der Waals surface area (Å²) in [6, 6.07) is 16.7. The van der Waals surface area contributed by atoms with Crippen molar-refractivity contribution in [2.45, 2.75) is 44.9 Å². The van der Waals surface area contributed by atoms with E-state index in [1.54, 1.807) is 24.3 Å². The highest BCUT2D eigenvalue weighted by molar-refractivity contribution is 6.07. The topological polar surface area (TPSA) is 123 Å². The number of aliphatic hydroxyl groups is 1. The lowest BCUT2D eigenvalue weighted by molar-refractivity contribution is 0.0839. The number of carbonyl (C=O) groups is 2. The average molecular weight is 499 g/mol. The van der Waals surface area contributed by atoms with Crippen LogP contribution in [-0.4, -0.2) is 57.1 Å². The Kier molecular flexibility index (Phi) is 7.30. The molecule has 3 aromatic rings. The Morgan fingerprint density at radius 2 is 1.81 bits per heavy atom. The number of nitrogens with one attached hydrogen (secondary N) is 2. The van der Waals surface area contributed by atoms with Gasteiger partial charge in [0.1, 0.15) is 11.6 Å². The number of aromatic nitrogens is 2. The zero-order valence-corrected chi connectivity index (χ0v) is 20.6. The summed E-state index contributed by atoms with van der Waals surface area (Å²) < 4.78 is 1.89. The quantitative estimate of drug-likeness (QED) is 0.460. The highest BCUT2D eigenvalue weighted by atomic mass is 16.3. The monoisotopic (exact) mass is 498 g/mol. The van der Waals surface area contributed by atoms with Gasteiger partial charge in [0, 0.05) is 44.7 Å². The zero-order valence-electron chi connectivity index (χ0n) is 20.6. The van der Waals surface area contributed by atoms with Crippen LogP contribution < -0.4 is 10.6 Å². The van der Waals surface area contributed by atoms with E-state index in [9.17, 15) is 14.7 Å². The first kappa shape index (κ1) is 24.7. The maximum Gasteiger partial charge on any atom is 0.273 e. The van der Waals surface area contributed by atoms with Gasteiger partial charge in [0.2, 0.25) is 0 Å². The van der Waals surface area contributed by atoms with Crippen LogP contribution in [0.3, 0.4) is 0 Å². The van der Waals surface area contributed by atoms with E-state index in [0.717, 1.165) is 44.6 Å². The van der Waals surface area contributed by atoms with Crippen molar-refractivity contribution < 1.29 is 14.7 Å². The Morgan fingerprint density at radius 1 is 1.03 bits per heavy atom. The molecule has 0 bridgehead atoms. The summed E-state index contributed by atoms with van der Waals surface area (Å²) in [5.41, 5.74) is 3.62. The van der Waals surface area contributed by atoms with Gasteiger partial charge in [-0.3, -0.25) is 14.5 Å². The van der Waals surface area contributed by atoms with E-state index in [1.165, 1.54) is 11.1 Å². The summed E-state index contributed by atoms with van der Waals surface area (Å²) in [6.07, 6.45) is 2.84. The highest BCUT2D eigenvalue weighted by Gasteiger charge is 2.26. The summed E-state index contributed by atoms with van der Waals surface area (Å²) in [4.78, 5) is 32.8. The number of rotatable bonds is 7. The van der Waals surface area contributed by atoms with Crippen LogP contribution in [0.25, 0.3) is 0 Å². The number of β-amino-alcohol motifs (C(OH)–C–C–N with tert-alkyl or cyclic N) is 1. The van der Waals surface area contributed by atoms with Crippen LogP contribution in [0.2, 0.25) is 0 Å². The largest absolute Gasteiger partial charge is 0.390 e. The molecule has 0 spiro atoms. The van der Waals surface area contributed by atoms with Gasteiger partial charge in [0.25, 0.3) is 11.8 Å². The van der Waals surface area contributed by atoms with Crippen LogP contribution in [0, 0.1) is 11.3 Å². The van der Waals surface area contributed by atoms with Crippen molar-refractivity contribution in [3.05, 3.63) is 82.3 Å². The first-order valence-electron chi connectivity index (χ1n) is 12.7. The number of anilines is 1. The van der Waals surface area contributed by atoms with E-state index in [0.29, 0.717) is 30.0 Å². The molecule has 5 rings (SSSR count). The van der Waals surface area contributed by atoms with Gasteiger partial charge in [0.15, 0.2) is 5.69 Å². The molecule has 0 saturated carbocycles. The Balaban J connectivity index is 1.24. The minimum atomic E-state index is -0.733. The lowest BCUT2D eigenvalue weighted by Gasteiger charge is -2.30. The van der Waals surface area contributed by atoms with Gasteiger partial charge in [-0.1, -0.05) is 24.3 Å². The lowest BCUT2D eigenvalue weighted by atomic mass is 10.00. The minimum Gasteiger partial charge on any atom is -0.390 e. The highest BCUT2D eigenvalue weighted by Crippen LogP contribution is 2.25. The summed E-state index contributed by atoms with van der Waals surface area (Å²) in [6.45, 7) is 2.85. The number of imidazole rings is 1. The van der Waals surface area contributed by atoms with Crippen LogP contribution in [0.4, 0.5) is 5.82 Å². The molecular weight excluding hydrogens is 468 g/mol. The second-order valence-corrected chi connectivity index (χ2v) is 9.59. The van der Waals surface area contributed by atoms with Gasteiger partial charge in [-0.05, 0) is 54.7 Å². The van der Waals surface area contributed by atoms with Crippen molar-refractivity contribution >= 4 is 17.6 Å². The maximum atomic E-state index is 13.1. The van der Waals surface area contributed by atoms with Gasteiger partial charge in [0.05, 0.1) is 17.7 Å². The van der Waals surface area contributed by atoms with Crippen LogP contribution in [0.15, 0.2) is 48.5 Å². The average Bonchev–Trinajstić information content (AvgIpc) is 3.30. The number of aryl methyl sites for hydroxylation is 1. The molecule has 2 amide bonds. The molecule has 0 saturated heterocycles. The second-order valence-electron chi connectivity index (χ2n) is 9.59. The summed E-state index contributed by atoms with van der Waals surface area (Å²) >= 11 is 0. The fourth-order valence-corrected chi connectivity index (χ4v) is 5.01. The summed E-state index contributed by atoms with van der Waals surface area (Å²) in [7, 11) is 0. The molecule has 3 N–H and O–H groups in total. The fraction of sp³-hybridized carbons (Fsp3) is 0.357. The summed E-state index contributed by atoms with van der Waals surface area (Å²) in [5, 5.41) is 25.3. The maximum absolute atomic E-state index is 13.1. The van der Waals surface area contributed by atoms with Gasteiger partial charge in [-0.15, -0.1) is 0 Å². The van der Waals surface area contributed by atoms with E-state index >= 15 is 0 Å². The number of hydrogen-bond acceptors (Lipinski definition) is 6. The van der Waals surface area contributed by atoms with Gasteiger partial charge >= 0.3 is 0 Å². The molecule has 0 radical (unpaired) electrons. The smallest absolute Gasteiger partial charge is 0.273 e. The van der Waals surface area contributed by atoms with Crippen molar-refractivity contribution in [2.24, 2.45) is 0 Å². The number of carbonyl (C=O) groups excluding carboxylic acids is 2. The lowest BCUT2D eigenvalue weighted by Crippen LogP contribution is -2.42. The first-order chi connectivity index (χ1) is 18.0. The number of aliphatic hydroxyl groups excluding tert-OH is 1. The molecule has 2 aromatic carbocycles. The fourth-order valence-electron chi connectivity index (χ4n) is 5.01. The van der Waals surface area contributed by atoms with Gasteiger partial charge < -0.3 is 20.3 Å². The van der Waals surface area contributed by atoms with Crippen LogP contribution in [0.1, 0.15) is 56.2 Å². The van der Waals surface area contributed by atoms with E-state index < -0.39 is 12.0 Å². The van der Waals surface area contributed by atoms with Gasteiger partial charge in [-0.25, -0.2) is 4.98 Å². The van der Waals surface area contributed by atoms with E-state index in [1.807, 2.05) is 22.8 Å².